The van der Waals surface area contributed by atoms with E-state index < -0.39 is 11.4 Å². The van der Waals surface area contributed by atoms with Gasteiger partial charge in [0.05, 0.1) is 0 Å². The third-order valence-corrected chi connectivity index (χ3v) is 3.72. The molecule has 0 bridgehead atoms. The Morgan fingerprint density at radius 3 is 2.39 bits per heavy atom. The third kappa shape index (κ3) is 2.87. The molecule has 0 radical (unpaired) electrons. The van der Waals surface area contributed by atoms with Crippen LogP contribution in [0.3, 0.4) is 0 Å². The molecular weight excluding hydrogens is 315 g/mol. The second-order valence-electron chi connectivity index (χ2n) is 4.90. The van der Waals surface area contributed by atoms with Crippen molar-refractivity contribution in [1.82, 2.24) is 4.98 Å². The highest BCUT2D eigenvalue weighted by Crippen LogP contribution is 2.28. The van der Waals surface area contributed by atoms with Crippen LogP contribution in [0, 0.1) is 17.1 Å². The molecule has 0 aliphatic rings. The molecule has 3 rings (SSSR count). The van der Waals surface area contributed by atoms with Crippen molar-refractivity contribution in [2.75, 3.05) is 0 Å². The molecule has 0 aliphatic heterocycles. The van der Waals surface area contributed by atoms with Crippen molar-refractivity contribution in [3.05, 3.63) is 81.4 Å². The third-order valence-electron chi connectivity index (χ3n) is 3.46. The summed E-state index contributed by atoms with van der Waals surface area (Å²) in [6.45, 7) is 0. The Morgan fingerprint density at radius 1 is 1.04 bits per heavy atom. The van der Waals surface area contributed by atoms with Crippen molar-refractivity contribution in [2.45, 2.75) is 0 Å². The molecule has 23 heavy (non-hydrogen) atoms. The van der Waals surface area contributed by atoms with Crippen LogP contribution in [0.4, 0.5) is 4.39 Å². The van der Waals surface area contributed by atoms with Crippen LogP contribution in [-0.2, 0) is 0 Å². The number of benzene rings is 2. The molecule has 2 aromatic carbocycles. The number of halogens is 2. The van der Waals surface area contributed by atoms with Crippen LogP contribution in [0.15, 0.2) is 59.4 Å². The number of rotatable bonds is 2. The maximum Gasteiger partial charge on any atom is 0.266 e. The molecule has 1 heterocycles. The normalized spacial score (nSPS) is 10.3. The van der Waals surface area contributed by atoms with E-state index in [1.165, 1.54) is 12.1 Å². The Hall–Kier alpha value is -2.90. The van der Waals surface area contributed by atoms with Gasteiger partial charge in [-0.2, -0.15) is 5.26 Å². The molecule has 5 heteroatoms. The molecular formula is C18H10ClFN2O. The van der Waals surface area contributed by atoms with Crippen LogP contribution in [0.25, 0.3) is 22.4 Å². The number of nitriles is 1. The second-order valence-corrected chi connectivity index (χ2v) is 5.34. The van der Waals surface area contributed by atoms with E-state index in [-0.39, 0.29) is 16.7 Å². The molecule has 0 aliphatic carbocycles. The summed E-state index contributed by atoms with van der Waals surface area (Å²) < 4.78 is 14.1. The number of pyridine rings is 1. The summed E-state index contributed by atoms with van der Waals surface area (Å²) in [5.74, 6) is -0.489. The maximum atomic E-state index is 14.1. The monoisotopic (exact) mass is 324 g/mol. The summed E-state index contributed by atoms with van der Waals surface area (Å²) in [4.78, 5) is 14.8. The lowest BCUT2D eigenvalue weighted by Gasteiger charge is -2.09. The molecule has 3 aromatic rings. The van der Waals surface area contributed by atoms with E-state index in [1.807, 2.05) is 6.07 Å². The molecule has 0 saturated heterocycles. The molecule has 0 saturated carbocycles. The number of nitrogens with zero attached hydrogens (tertiary/aromatic N) is 1. The highest BCUT2D eigenvalue weighted by Gasteiger charge is 2.15. The molecule has 0 amide bonds. The van der Waals surface area contributed by atoms with E-state index in [2.05, 4.69) is 4.98 Å². The number of aromatic amines is 1. The van der Waals surface area contributed by atoms with E-state index in [0.29, 0.717) is 16.3 Å². The van der Waals surface area contributed by atoms with Crippen LogP contribution in [0.5, 0.6) is 0 Å². The predicted octanol–water partition coefficient (Wildman–Crippen LogP) is 4.37. The van der Waals surface area contributed by atoms with Crippen LogP contribution in [0.1, 0.15) is 5.56 Å². The van der Waals surface area contributed by atoms with Crippen molar-refractivity contribution in [2.24, 2.45) is 0 Å². The van der Waals surface area contributed by atoms with Crippen LogP contribution in [-0.4, -0.2) is 4.98 Å². The van der Waals surface area contributed by atoms with Gasteiger partial charge in [-0.25, -0.2) is 4.39 Å². The lowest BCUT2D eigenvalue weighted by atomic mass is 9.99. The largest absolute Gasteiger partial charge is 0.321 e. The molecule has 0 unspecified atom stereocenters. The van der Waals surface area contributed by atoms with Gasteiger partial charge in [0.15, 0.2) is 0 Å². The first-order chi connectivity index (χ1) is 11.1. The number of nitrogens with one attached hydrogen (secondary N) is 1. The van der Waals surface area contributed by atoms with Crippen LogP contribution in [0.2, 0.25) is 5.02 Å². The first kappa shape index (κ1) is 15.0. The van der Waals surface area contributed by atoms with Crippen molar-refractivity contribution >= 4 is 11.6 Å². The lowest BCUT2D eigenvalue weighted by Crippen LogP contribution is -2.13. The zero-order chi connectivity index (χ0) is 16.4. The first-order valence-corrected chi connectivity index (χ1v) is 7.16. The molecule has 112 valence electrons. The quantitative estimate of drug-likeness (QED) is 0.760. The Bertz CT molecular complexity index is 972. The number of hydrogen-bond acceptors (Lipinski definition) is 2. The topological polar surface area (TPSA) is 56.6 Å². The van der Waals surface area contributed by atoms with Gasteiger partial charge < -0.3 is 4.98 Å². The summed E-state index contributed by atoms with van der Waals surface area (Å²) >= 11 is 5.86. The fraction of sp³-hybridized carbons (Fsp3) is 0. The Balaban J connectivity index is 2.27. The van der Waals surface area contributed by atoms with E-state index in [9.17, 15) is 14.4 Å². The fourth-order valence-corrected chi connectivity index (χ4v) is 2.47. The number of H-pyrrole nitrogens is 1. The molecule has 0 fully saturated rings. The standard InChI is InChI=1S/C18H10ClFN2O/c19-12-7-5-11(6-8-12)17-9-14(15(10-21)18(23)22-17)13-3-1-2-4-16(13)20/h1-9H,(H,22,23). The van der Waals surface area contributed by atoms with Crippen molar-refractivity contribution in [1.29, 1.82) is 5.26 Å². The van der Waals surface area contributed by atoms with Gasteiger partial charge in [0.25, 0.3) is 5.56 Å². The van der Waals surface area contributed by atoms with Crippen molar-refractivity contribution in [3.8, 4) is 28.5 Å². The van der Waals surface area contributed by atoms with E-state index >= 15 is 0 Å². The zero-order valence-electron chi connectivity index (χ0n) is 11.8. The van der Waals surface area contributed by atoms with Gasteiger partial charge in [0.1, 0.15) is 17.4 Å². The van der Waals surface area contributed by atoms with E-state index in [4.69, 9.17) is 11.6 Å². The smallest absolute Gasteiger partial charge is 0.266 e. The molecule has 0 spiro atoms. The van der Waals surface area contributed by atoms with Gasteiger partial charge in [-0.3, -0.25) is 4.79 Å². The Kier molecular flexibility index (Phi) is 3.96. The van der Waals surface area contributed by atoms with Gasteiger partial charge >= 0.3 is 0 Å². The molecule has 0 atom stereocenters. The fourth-order valence-electron chi connectivity index (χ4n) is 2.35. The summed E-state index contributed by atoms with van der Waals surface area (Å²) in [5.41, 5.74) is 1.01. The van der Waals surface area contributed by atoms with Gasteiger partial charge in [-0.1, -0.05) is 41.9 Å². The summed E-state index contributed by atoms with van der Waals surface area (Å²) in [6.07, 6.45) is 0. The number of hydrogen-bond donors (Lipinski definition) is 1. The Labute approximate surface area is 136 Å². The van der Waals surface area contributed by atoms with Crippen LogP contribution < -0.4 is 5.56 Å². The summed E-state index contributed by atoms with van der Waals surface area (Å²) in [6, 6.07) is 16.3. The Morgan fingerprint density at radius 2 is 1.74 bits per heavy atom. The summed E-state index contributed by atoms with van der Waals surface area (Å²) in [5, 5.41) is 9.81. The van der Waals surface area contributed by atoms with Gasteiger partial charge in [-0.15, -0.1) is 0 Å². The maximum absolute atomic E-state index is 14.1. The van der Waals surface area contributed by atoms with Crippen molar-refractivity contribution < 1.29 is 4.39 Å². The lowest BCUT2D eigenvalue weighted by molar-refractivity contribution is 0.631. The van der Waals surface area contributed by atoms with E-state index in [0.717, 1.165) is 0 Å². The minimum atomic E-state index is -0.557. The van der Waals surface area contributed by atoms with Crippen LogP contribution >= 0.6 is 11.6 Å². The SMILES string of the molecule is N#Cc1c(-c2ccccc2F)cc(-c2ccc(Cl)cc2)[nH]c1=O. The van der Waals surface area contributed by atoms with E-state index in [1.54, 1.807) is 42.5 Å². The minimum absolute atomic E-state index is 0.118. The summed E-state index contributed by atoms with van der Waals surface area (Å²) in [7, 11) is 0. The minimum Gasteiger partial charge on any atom is -0.321 e. The van der Waals surface area contributed by atoms with Crippen molar-refractivity contribution in [3.63, 3.8) is 0 Å². The average molecular weight is 325 g/mol. The number of aromatic nitrogens is 1. The predicted molar refractivity (Wildman–Crippen MR) is 87.6 cm³/mol. The van der Waals surface area contributed by atoms with Gasteiger partial charge in [0, 0.05) is 21.8 Å². The van der Waals surface area contributed by atoms with Gasteiger partial charge in [-0.05, 0) is 29.8 Å². The molecule has 1 aromatic heterocycles. The highest BCUT2D eigenvalue weighted by molar-refractivity contribution is 6.30. The zero-order valence-corrected chi connectivity index (χ0v) is 12.6. The second kappa shape index (κ2) is 6.07. The average Bonchev–Trinajstić information content (AvgIpc) is 2.55. The first-order valence-electron chi connectivity index (χ1n) is 6.78. The highest BCUT2D eigenvalue weighted by atomic mass is 35.5. The molecule has 3 nitrogen and oxygen atoms in total. The molecule has 1 N–H and O–H groups in total. The van der Waals surface area contributed by atoms with Gasteiger partial charge in [0.2, 0.25) is 0 Å².